The fraction of sp³-hybridized carbons (Fsp3) is 0.500. The number of carbonyl (C=O) groups is 1. The van der Waals surface area contributed by atoms with Crippen LogP contribution < -0.4 is 5.32 Å². The molecule has 1 aliphatic heterocycles. The Hall–Kier alpha value is -2.37. The molecular weight excluding hydrogens is 304 g/mol. The van der Waals surface area contributed by atoms with E-state index < -0.39 is 0 Å². The first kappa shape index (κ1) is 15.2. The van der Waals surface area contributed by atoms with Gasteiger partial charge in [0, 0.05) is 31.2 Å². The third-order valence-electron chi connectivity index (χ3n) is 5.01. The molecule has 2 aromatic rings. The van der Waals surface area contributed by atoms with Crippen LogP contribution in [0.3, 0.4) is 0 Å². The molecule has 1 N–H and O–H groups in total. The minimum absolute atomic E-state index is 0.0206. The Kier molecular flexibility index (Phi) is 4.19. The Morgan fingerprint density at radius 1 is 1.21 bits per heavy atom. The predicted molar refractivity (Wildman–Crippen MR) is 89.9 cm³/mol. The summed E-state index contributed by atoms with van der Waals surface area (Å²) in [6.45, 7) is 1.47. The van der Waals surface area contributed by atoms with Crippen molar-refractivity contribution in [2.75, 3.05) is 18.4 Å². The summed E-state index contributed by atoms with van der Waals surface area (Å²) in [6, 6.07) is 5.74. The molecule has 6 nitrogen and oxygen atoms in total. The van der Waals surface area contributed by atoms with Crippen molar-refractivity contribution in [3.05, 3.63) is 42.2 Å². The number of piperidine rings is 1. The molecule has 2 aliphatic rings. The van der Waals surface area contributed by atoms with E-state index in [0.717, 1.165) is 37.6 Å². The van der Waals surface area contributed by atoms with Gasteiger partial charge in [-0.15, -0.1) is 0 Å². The van der Waals surface area contributed by atoms with Gasteiger partial charge in [0.2, 0.25) is 0 Å². The van der Waals surface area contributed by atoms with Gasteiger partial charge < -0.3 is 14.6 Å². The molecule has 6 heteroatoms. The molecule has 1 saturated heterocycles. The molecule has 0 atom stereocenters. The van der Waals surface area contributed by atoms with Crippen molar-refractivity contribution < 1.29 is 9.21 Å². The summed E-state index contributed by atoms with van der Waals surface area (Å²) >= 11 is 0. The maximum atomic E-state index is 12.3. The summed E-state index contributed by atoms with van der Waals surface area (Å²) in [7, 11) is 0. The first-order chi connectivity index (χ1) is 11.8. The van der Waals surface area contributed by atoms with E-state index in [1.54, 1.807) is 12.1 Å². The number of nitrogens with one attached hydrogen (secondary N) is 1. The van der Waals surface area contributed by atoms with Crippen molar-refractivity contribution in [2.45, 2.75) is 44.1 Å². The molecule has 1 amide bonds. The molecule has 2 aromatic heterocycles. The molecular formula is C18H22N4O2. The molecule has 1 saturated carbocycles. The lowest BCUT2D eigenvalue weighted by molar-refractivity contribution is 0.0686. The van der Waals surface area contributed by atoms with Gasteiger partial charge in [-0.2, -0.15) is 0 Å². The molecule has 1 aliphatic carbocycles. The third kappa shape index (κ3) is 3.13. The summed E-state index contributed by atoms with van der Waals surface area (Å²) in [6.07, 6.45) is 8.90. The summed E-state index contributed by atoms with van der Waals surface area (Å²) in [5, 5.41) is 3.51. The van der Waals surface area contributed by atoms with Gasteiger partial charge in [-0.1, -0.05) is 6.42 Å². The second kappa shape index (κ2) is 6.63. The second-order valence-electron chi connectivity index (χ2n) is 6.62. The number of furan rings is 1. The number of hydrogen-bond acceptors (Lipinski definition) is 5. The van der Waals surface area contributed by atoms with Gasteiger partial charge in [0.15, 0.2) is 5.76 Å². The smallest absolute Gasteiger partial charge is 0.289 e. The maximum Gasteiger partial charge on any atom is 0.289 e. The SMILES string of the molecule is O=C(c1ccco1)N1CCC(Nc2ccnc(C3CCC3)n2)CC1. The molecule has 3 heterocycles. The van der Waals surface area contributed by atoms with Crippen LogP contribution in [0.5, 0.6) is 0 Å². The maximum absolute atomic E-state index is 12.3. The molecule has 0 spiro atoms. The lowest BCUT2D eigenvalue weighted by Crippen LogP contribution is -2.42. The van der Waals surface area contributed by atoms with E-state index in [1.807, 2.05) is 17.2 Å². The molecule has 0 unspecified atom stereocenters. The zero-order valence-electron chi connectivity index (χ0n) is 13.6. The van der Waals surface area contributed by atoms with Gasteiger partial charge in [-0.25, -0.2) is 9.97 Å². The van der Waals surface area contributed by atoms with E-state index in [9.17, 15) is 4.79 Å². The highest BCUT2D eigenvalue weighted by Crippen LogP contribution is 2.34. The highest BCUT2D eigenvalue weighted by molar-refractivity contribution is 5.91. The van der Waals surface area contributed by atoms with Crippen LogP contribution >= 0.6 is 0 Å². The highest BCUT2D eigenvalue weighted by atomic mass is 16.3. The number of likely N-dealkylation sites (tertiary alicyclic amines) is 1. The quantitative estimate of drug-likeness (QED) is 0.935. The molecule has 0 radical (unpaired) electrons. The van der Waals surface area contributed by atoms with Crippen LogP contribution in [0.1, 0.15) is 54.4 Å². The standard InChI is InChI=1S/C18H22N4O2/c23-18(15-5-2-12-24-15)22-10-7-14(8-11-22)20-16-6-9-19-17(21-16)13-3-1-4-13/h2,5-6,9,12-14H,1,3-4,7-8,10-11H2,(H,19,20,21). The Morgan fingerprint density at radius 3 is 2.71 bits per heavy atom. The number of amides is 1. The number of anilines is 1. The van der Waals surface area contributed by atoms with Crippen molar-refractivity contribution in [3.8, 4) is 0 Å². The zero-order chi connectivity index (χ0) is 16.4. The molecule has 126 valence electrons. The van der Waals surface area contributed by atoms with Crippen LogP contribution in [0.4, 0.5) is 5.82 Å². The van der Waals surface area contributed by atoms with E-state index in [0.29, 0.717) is 17.7 Å². The minimum atomic E-state index is -0.0206. The zero-order valence-corrected chi connectivity index (χ0v) is 13.6. The fourth-order valence-electron chi connectivity index (χ4n) is 3.31. The van der Waals surface area contributed by atoms with Gasteiger partial charge in [0.25, 0.3) is 5.91 Å². The Balaban J connectivity index is 1.32. The average molecular weight is 326 g/mol. The summed E-state index contributed by atoms with van der Waals surface area (Å²) in [5.41, 5.74) is 0. The van der Waals surface area contributed by atoms with Crippen LogP contribution in [-0.2, 0) is 0 Å². The van der Waals surface area contributed by atoms with E-state index >= 15 is 0 Å². The van der Waals surface area contributed by atoms with Crippen LogP contribution in [0.15, 0.2) is 35.1 Å². The van der Waals surface area contributed by atoms with Crippen molar-refractivity contribution in [1.29, 1.82) is 0 Å². The molecule has 2 fully saturated rings. The number of hydrogen-bond donors (Lipinski definition) is 1. The molecule has 0 bridgehead atoms. The lowest BCUT2D eigenvalue weighted by atomic mass is 9.85. The topological polar surface area (TPSA) is 71.3 Å². The van der Waals surface area contributed by atoms with Crippen molar-refractivity contribution >= 4 is 11.7 Å². The Bertz CT molecular complexity index is 689. The van der Waals surface area contributed by atoms with Gasteiger partial charge >= 0.3 is 0 Å². The van der Waals surface area contributed by atoms with Crippen LogP contribution in [0.25, 0.3) is 0 Å². The Morgan fingerprint density at radius 2 is 2.04 bits per heavy atom. The number of carbonyl (C=O) groups excluding carboxylic acids is 1. The Labute approximate surface area is 141 Å². The number of nitrogens with zero attached hydrogens (tertiary/aromatic N) is 3. The molecule has 0 aromatic carbocycles. The normalized spacial score (nSPS) is 19.1. The lowest BCUT2D eigenvalue weighted by Gasteiger charge is -2.32. The third-order valence-corrected chi connectivity index (χ3v) is 5.01. The largest absolute Gasteiger partial charge is 0.459 e. The van der Waals surface area contributed by atoms with Crippen molar-refractivity contribution in [1.82, 2.24) is 14.9 Å². The van der Waals surface area contributed by atoms with Crippen molar-refractivity contribution in [3.63, 3.8) is 0 Å². The van der Waals surface area contributed by atoms with E-state index in [1.165, 1.54) is 25.5 Å². The monoisotopic (exact) mass is 326 g/mol. The molecule has 24 heavy (non-hydrogen) atoms. The average Bonchev–Trinajstić information content (AvgIpc) is 3.08. The number of aromatic nitrogens is 2. The van der Waals surface area contributed by atoms with Crippen LogP contribution in [0.2, 0.25) is 0 Å². The first-order valence-electron chi connectivity index (χ1n) is 8.72. The minimum Gasteiger partial charge on any atom is -0.459 e. The van der Waals surface area contributed by atoms with Gasteiger partial charge in [0.05, 0.1) is 6.26 Å². The molecule has 4 rings (SSSR count). The number of rotatable bonds is 4. The van der Waals surface area contributed by atoms with Crippen LogP contribution in [-0.4, -0.2) is 39.9 Å². The van der Waals surface area contributed by atoms with Gasteiger partial charge in [-0.05, 0) is 43.9 Å². The van der Waals surface area contributed by atoms with E-state index in [2.05, 4.69) is 15.3 Å². The summed E-state index contributed by atoms with van der Waals surface area (Å²) in [5.74, 6) is 2.81. The summed E-state index contributed by atoms with van der Waals surface area (Å²) in [4.78, 5) is 23.2. The highest BCUT2D eigenvalue weighted by Gasteiger charge is 2.26. The van der Waals surface area contributed by atoms with Crippen molar-refractivity contribution in [2.24, 2.45) is 0 Å². The van der Waals surface area contributed by atoms with E-state index in [4.69, 9.17) is 4.42 Å². The summed E-state index contributed by atoms with van der Waals surface area (Å²) < 4.78 is 5.20. The van der Waals surface area contributed by atoms with Crippen LogP contribution in [0, 0.1) is 0 Å². The van der Waals surface area contributed by atoms with Gasteiger partial charge in [-0.3, -0.25) is 4.79 Å². The van der Waals surface area contributed by atoms with E-state index in [-0.39, 0.29) is 5.91 Å². The fourth-order valence-corrected chi connectivity index (χ4v) is 3.31. The first-order valence-corrected chi connectivity index (χ1v) is 8.72. The predicted octanol–water partition coefficient (Wildman–Crippen LogP) is 3.05. The second-order valence-corrected chi connectivity index (χ2v) is 6.62. The van der Waals surface area contributed by atoms with Gasteiger partial charge in [0.1, 0.15) is 11.6 Å².